The number of aryl methyl sites for hydroxylation is 1. The summed E-state index contributed by atoms with van der Waals surface area (Å²) in [6.07, 6.45) is 0. The van der Waals surface area contributed by atoms with E-state index in [4.69, 9.17) is 4.74 Å². The lowest BCUT2D eigenvalue weighted by atomic mass is 9.94. The first-order chi connectivity index (χ1) is 5.97. The van der Waals surface area contributed by atoms with E-state index < -0.39 is 0 Å². The van der Waals surface area contributed by atoms with Crippen LogP contribution in [0.5, 0.6) is 5.88 Å². The molecular weight excluding hydrogens is 168 g/mol. The number of rotatable bonds is 3. The molecule has 4 nitrogen and oxygen atoms in total. The highest BCUT2D eigenvalue weighted by Crippen LogP contribution is 2.23. The Labute approximate surface area is 78.0 Å². The molecule has 0 fully saturated rings. The summed E-state index contributed by atoms with van der Waals surface area (Å²) in [5.41, 5.74) is 0.500. The van der Waals surface area contributed by atoms with Gasteiger partial charge in [-0.25, -0.2) is 0 Å². The second kappa shape index (κ2) is 3.38. The average molecular weight is 184 g/mol. The normalized spacial score (nSPS) is 12.0. The molecule has 13 heavy (non-hydrogen) atoms. The van der Waals surface area contributed by atoms with Crippen molar-refractivity contribution in [2.75, 3.05) is 13.7 Å². The highest BCUT2D eigenvalue weighted by atomic mass is 16.5. The van der Waals surface area contributed by atoms with Gasteiger partial charge >= 0.3 is 0 Å². The predicted molar refractivity (Wildman–Crippen MR) is 49.9 cm³/mol. The van der Waals surface area contributed by atoms with Crippen molar-refractivity contribution in [3.63, 3.8) is 0 Å². The second-order valence-electron chi connectivity index (χ2n) is 3.85. The number of hydrogen-bond acceptors (Lipinski definition) is 3. The number of imidazole rings is 1. The van der Waals surface area contributed by atoms with Crippen LogP contribution in [0.25, 0.3) is 0 Å². The number of nitrogens with one attached hydrogen (secondary N) is 1. The fourth-order valence-electron chi connectivity index (χ4n) is 1.20. The standard InChI is InChI=1S/C9H16N2O2/c1-6-7(12)11-8(10-6)9(2,3)5-13-4/h12H,5H2,1-4H3,(H,10,11). The van der Waals surface area contributed by atoms with Gasteiger partial charge in [-0.2, -0.15) is 4.98 Å². The first-order valence-electron chi connectivity index (χ1n) is 4.22. The number of ether oxygens (including phenoxy) is 1. The quantitative estimate of drug-likeness (QED) is 0.745. The third-order valence-electron chi connectivity index (χ3n) is 2.01. The lowest BCUT2D eigenvalue weighted by molar-refractivity contribution is 0.142. The maximum absolute atomic E-state index is 9.29. The van der Waals surface area contributed by atoms with Gasteiger partial charge in [0.1, 0.15) is 5.82 Å². The number of methoxy groups -OCH3 is 1. The highest BCUT2D eigenvalue weighted by molar-refractivity contribution is 5.21. The number of aromatic nitrogens is 2. The van der Waals surface area contributed by atoms with Crippen LogP contribution in [0.15, 0.2) is 0 Å². The number of nitrogens with zero attached hydrogens (tertiary/aromatic N) is 1. The summed E-state index contributed by atoms with van der Waals surface area (Å²) in [6.45, 7) is 6.37. The summed E-state index contributed by atoms with van der Waals surface area (Å²) < 4.78 is 5.07. The molecule has 0 aliphatic rings. The Morgan fingerprint density at radius 1 is 1.54 bits per heavy atom. The minimum absolute atomic E-state index is 0.0687. The van der Waals surface area contributed by atoms with Crippen molar-refractivity contribution >= 4 is 0 Å². The molecule has 4 heteroatoms. The summed E-state index contributed by atoms with van der Waals surface area (Å²) >= 11 is 0. The molecule has 0 aromatic carbocycles. The third-order valence-corrected chi connectivity index (χ3v) is 2.01. The van der Waals surface area contributed by atoms with E-state index >= 15 is 0 Å². The Kier molecular flexibility index (Phi) is 2.61. The van der Waals surface area contributed by atoms with Gasteiger partial charge in [0.2, 0.25) is 5.88 Å². The first kappa shape index (κ1) is 10.1. The van der Waals surface area contributed by atoms with E-state index in [1.165, 1.54) is 0 Å². The molecule has 74 valence electrons. The minimum Gasteiger partial charge on any atom is -0.492 e. The van der Waals surface area contributed by atoms with Gasteiger partial charge in [0, 0.05) is 12.5 Å². The zero-order chi connectivity index (χ0) is 10.1. The summed E-state index contributed by atoms with van der Waals surface area (Å²) in [7, 11) is 1.65. The Hall–Kier alpha value is -1.03. The molecule has 0 saturated carbocycles. The molecule has 0 radical (unpaired) electrons. The van der Waals surface area contributed by atoms with Crippen LogP contribution in [-0.4, -0.2) is 28.8 Å². The van der Waals surface area contributed by atoms with E-state index in [0.717, 1.165) is 5.82 Å². The monoisotopic (exact) mass is 184 g/mol. The number of aromatic hydroxyl groups is 1. The fourth-order valence-corrected chi connectivity index (χ4v) is 1.20. The van der Waals surface area contributed by atoms with Gasteiger partial charge < -0.3 is 14.8 Å². The first-order valence-corrected chi connectivity index (χ1v) is 4.22. The van der Waals surface area contributed by atoms with Gasteiger partial charge in [0.25, 0.3) is 0 Å². The molecule has 0 aliphatic heterocycles. The highest BCUT2D eigenvalue weighted by Gasteiger charge is 2.25. The van der Waals surface area contributed by atoms with E-state index in [1.54, 1.807) is 14.0 Å². The topological polar surface area (TPSA) is 58.1 Å². The lowest BCUT2D eigenvalue weighted by Crippen LogP contribution is -2.25. The SMILES string of the molecule is COCC(C)(C)c1nc(O)c(C)[nH]1. The van der Waals surface area contributed by atoms with Gasteiger partial charge in [-0.05, 0) is 6.92 Å². The van der Waals surface area contributed by atoms with Crippen LogP contribution in [0.4, 0.5) is 0 Å². The molecule has 0 amide bonds. The van der Waals surface area contributed by atoms with E-state index in [9.17, 15) is 5.11 Å². The Morgan fingerprint density at radius 3 is 2.54 bits per heavy atom. The predicted octanol–water partition coefficient (Wildman–Crippen LogP) is 1.35. The molecule has 0 atom stereocenters. The van der Waals surface area contributed by atoms with Crippen molar-refractivity contribution < 1.29 is 9.84 Å². The van der Waals surface area contributed by atoms with Gasteiger partial charge in [-0.15, -0.1) is 0 Å². The largest absolute Gasteiger partial charge is 0.492 e. The minimum atomic E-state index is -0.194. The van der Waals surface area contributed by atoms with Crippen molar-refractivity contribution in [1.29, 1.82) is 0 Å². The van der Waals surface area contributed by atoms with E-state index in [1.807, 2.05) is 13.8 Å². The van der Waals surface area contributed by atoms with Gasteiger partial charge in [0.15, 0.2) is 0 Å². The van der Waals surface area contributed by atoms with Crippen LogP contribution in [0.3, 0.4) is 0 Å². The molecule has 0 bridgehead atoms. The van der Waals surface area contributed by atoms with Crippen molar-refractivity contribution in [3.05, 3.63) is 11.5 Å². The molecule has 0 unspecified atom stereocenters. The van der Waals surface area contributed by atoms with Crippen molar-refractivity contribution in [1.82, 2.24) is 9.97 Å². The molecular formula is C9H16N2O2. The Balaban J connectivity index is 2.93. The van der Waals surface area contributed by atoms with Crippen molar-refractivity contribution in [2.45, 2.75) is 26.2 Å². The molecule has 2 N–H and O–H groups in total. The zero-order valence-corrected chi connectivity index (χ0v) is 8.51. The molecule has 1 heterocycles. The van der Waals surface area contributed by atoms with Crippen molar-refractivity contribution in [3.8, 4) is 5.88 Å². The second-order valence-corrected chi connectivity index (χ2v) is 3.85. The van der Waals surface area contributed by atoms with Crippen LogP contribution >= 0.6 is 0 Å². The van der Waals surface area contributed by atoms with E-state index in [-0.39, 0.29) is 11.3 Å². The van der Waals surface area contributed by atoms with Crippen LogP contribution in [0.1, 0.15) is 25.4 Å². The summed E-state index contributed by atoms with van der Waals surface area (Å²) in [5, 5.41) is 9.29. The van der Waals surface area contributed by atoms with Crippen LogP contribution in [0.2, 0.25) is 0 Å². The average Bonchev–Trinajstić information content (AvgIpc) is 2.33. The van der Waals surface area contributed by atoms with Gasteiger partial charge in [-0.3, -0.25) is 0 Å². The van der Waals surface area contributed by atoms with Crippen molar-refractivity contribution in [2.24, 2.45) is 0 Å². The van der Waals surface area contributed by atoms with Gasteiger partial charge in [0.05, 0.1) is 12.3 Å². The molecule has 1 aromatic heterocycles. The zero-order valence-electron chi connectivity index (χ0n) is 8.51. The van der Waals surface area contributed by atoms with E-state index in [2.05, 4.69) is 9.97 Å². The smallest absolute Gasteiger partial charge is 0.232 e. The third kappa shape index (κ3) is 2.01. The molecule has 1 aromatic rings. The maximum atomic E-state index is 9.29. The molecule has 1 rings (SSSR count). The number of H-pyrrole nitrogens is 1. The molecule has 0 saturated heterocycles. The summed E-state index contributed by atoms with van der Waals surface area (Å²) in [4.78, 5) is 7.05. The van der Waals surface area contributed by atoms with Crippen LogP contribution in [-0.2, 0) is 10.2 Å². The van der Waals surface area contributed by atoms with Gasteiger partial charge in [-0.1, -0.05) is 13.8 Å². The van der Waals surface area contributed by atoms with Crippen LogP contribution in [0, 0.1) is 6.92 Å². The molecule has 0 spiro atoms. The Bertz CT molecular complexity index is 272. The lowest BCUT2D eigenvalue weighted by Gasteiger charge is -2.20. The molecule has 0 aliphatic carbocycles. The van der Waals surface area contributed by atoms with E-state index in [0.29, 0.717) is 12.3 Å². The fraction of sp³-hybridized carbons (Fsp3) is 0.667. The summed E-state index contributed by atoms with van der Waals surface area (Å²) in [5.74, 6) is 0.823. The summed E-state index contributed by atoms with van der Waals surface area (Å²) in [6, 6.07) is 0. The maximum Gasteiger partial charge on any atom is 0.232 e. The Morgan fingerprint density at radius 2 is 2.15 bits per heavy atom. The number of aromatic amines is 1. The number of hydrogen-bond donors (Lipinski definition) is 2. The van der Waals surface area contributed by atoms with Crippen LogP contribution < -0.4 is 0 Å².